The average molecular weight is 194 g/mol. The lowest BCUT2D eigenvalue weighted by Gasteiger charge is -2.26. The van der Waals surface area contributed by atoms with Gasteiger partial charge in [0.05, 0.1) is 6.61 Å². The highest BCUT2D eigenvalue weighted by Gasteiger charge is 2.35. The van der Waals surface area contributed by atoms with Crippen molar-refractivity contribution in [2.75, 3.05) is 12.4 Å². The highest BCUT2D eigenvalue weighted by Crippen LogP contribution is 2.44. The first-order chi connectivity index (χ1) is 6.37. The highest BCUT2D eigenvalue weighted by molar-refractivity contribution is 8.00. The van der Waals surface area contributed by atoms with Gasteiger partial charge in [-0.2, -0.15) is 0 Å². The molecule has 1 aliphatic heterocycles. The van der Waals surface area contributed by atoms with Crippen molar-refractivity contribution in [1.29, 1.82) is 0 Å². The molecule has 0 bridgehead atoms. The van der Waals surface area contributed by atoms with Crippen molar-refractivity contribution in [3.63, 3.8) is 0 Å². The van der Waals surface area contributed by atoms with Crippen LogP contribution in [-0.2, 0) is 9.67 Å². The number of hydrogen-bond donors (Lipinski definition) is 0. The highest BCUT2D eigenvalue weighted by atomic mass is 32.2. The summed E-state index contributed by atoms with van der Waals surface area (Å²) in [4.78, 5) is -0.0543. The molecule has 1 aliphatic rings. The van der Waals surface area contributed by atoms with Crippen LogP contribution in [0.25, 0.3) is 0 Å². The summed E-state index contributed by atoms with van der Waals surface area (Å²) in [5, 5.41) is 0. The minimum absolute atomic E-state index is 0.0543. The van der Waals surface area contributed by atoms with Crippen molar-refractivity contribution in [3.05, 3.63) is 35.9 Å². The van der Waals surface area contributed by atoms with Crippen molar-refractivity contribution >= 4 is 11.8 Å². The van der Waals surface area contributed by atoms with E-state index >= 15 is 0 Å². The predicted molar refractivity (Wildman–Crippen MR) is 56.8 cm³/mol. The molecule has 1 aromatic carbocycles. The van der Waals surface area contributed by atoms with Crippen LogP contribution in [0.1, 0.15) is 18.9 Å². The monoisotopic (exact) mass is 194 g/mol. The molecule has 1 atom stereocenters. The van der Waals surface area contributed by atoms with Crippen molar-refractivity contribution in [1.82, 2.24) is 0 Å². The maximum Gasteiger partial charge on any atom is 0.139 e. The molecule has 1 heterocycles. The molecule has 0 aliphatic carbocycles. The summed E-state index contributed by atoms with van der Waals surface area (Å²) in [7, 11) is 0. The third-order valence-corrected chi connectivity index (χ3v) is 3.91. The van der Waals surface area contributed by atoms with E-state index in [1.807, 2.05) is 17.8 Å². The topological polar surface area (TPSA) is 9.23 Å². The second-order valence-electron chi connectivity index (χ2n) is 3.17. The first-order valence-corrected chi connectivity index (χ1v) is 5.69. The Morgan fingerprint density at radius 1 is 1.38 bits per heavy atom. The molecule has 1 nitrogen and oxygen atoms in total. The molecule has 2 rings (SSSR count). The largest absolute Gasteiger partial charge is 0.359 e. The van der Waals surface area contributed by atoms with E-state index in [0.29, 0.717) is 0 Å². The summed E-state index contributed by atoms with van der Waals surface area (Å²) in [6.45, 7) is 3.07. The minimum Gasteiger partial charge on any atom is -0.359 e. The summed E-state index contributed by atoms with van der Waals surface area (Å²) in [5.41, 5.74) is 1.31. The van der Waals surface area contributed by atoms with Crippen LogP contribution in [0.3, 0.4) is 0 Å². The van der Waals surface area contributed by atoms with E-state index in [4.69, 9.17) is 4.74 Å². The zero-order valence-corrected chi connectivity index (χ0v) is 8.64. The maximum absolute atomic E-state index is 5.84. The fraction of sp³-hybridized carbons (Fsp3) is 0.455. The Labute approximate surface area is 83.5 Å². The maximum atomic E-state index is 5.84. The van der Waals surface area contributed by atoms with E-state index in [2.05, 4.69) is 31.2 Å². The molecule has 2 heteroatoms. The fourth-order valence-electron chi connectivity index (χ4n) is 1.72. The fourth-order valence-corrected chi connectivity index (χ4v) is 2.89. The molecular weight excluding hydrogens is 180 g/mol. The van der Waals surface area contributed by atoms with Crippen molar-refractivity contribution in [3.8, 4) is 0 Å². The van der Waals surface area contributed by atoms with Crippen LogP contribution in [0, 0.1) is 0 Å². The van der Waals surface area contributed by atoms with Gasteiger partial charge in [0.25, 0.3) is 0 Å². The Bertz CT molecular complexity index is 265. The lowest BCUT2D eigenvalue weighted by Crippen LogP contribution is -2.19. The Morgan fingerprint density at radius 3 is 2.69 bits per heavy atom. The van der Waals surface area contributed by atoms with Gasteiger partial charge in [-0.3, -0.25) is 0 Å². The molecule has 1 unspecified atom stereocenters. The van der Waals surface area contributed by atoms with E-state index in [1.54, 1.807) is 0 Å². The molecule has 1 aromatic rings. The summed E-state index contributed by atoms with van der Waals surface area (Å²) < 4.78 is 5.84. The van der Waals surface area contributed by atoms with Crippen LogP contribution in [0.2, 0.25) is 0 Å². The Morgan fingerprint density at radius 2 is 2.15 bits per heavy atom. The van der Waals surface area contributed by atoms with Gasteiger partial charge < -0.3 is 4.74 Å². The van der Waals surface area contributed by atoms with Crippen LogP contribution in [0.15, 0.2) is 30.3 Å². The summed E-state index contributed by atoms with van der Waals surface area (Å²) >= 11 is 1.92. The Hall–Kier alpha value is -0.470. The van der Waals surface area contributed by atoms with E-state index in [0.717, 1.165) is 18.8 Å². The lowest BCUT2D eigenvalue weighted by molar-refractivity contribution is 0.0465. The molecular formula is C11H14OS. The van der Waals surface area contributed by atoms with Crippen LogP contribution >= 0.6 is 11.8 Å². The molecule has 1 fully saturated rings. The minimum atomic E-state index is -0.0543. The molecule has 0 radical (unpaired) electrons. The molecule has 0 amide bonds. The van der Waals surface area contributed by atoms with Gasteiger partial charge in [0.2, 0.25) is 0 Å². The number of rotatable bonds is 2. The zero-order chi connectivity index (χ0) is 9.15. The first-order valence-electron chi connectivity index (χ1n) is 4.71. The average Bonchev–Trinajstić information content (AvgIpc) is 2.69. The van der Waals surface area contributed by atoms with Gasteiger partial charge in [-0.1, -0.05) is 37.3 Å². The summed E-state index contributed by atoms with van der Waals surface area (Å²) in [5.74, 6) is 1.11. The van der Waals surface area contributed by atoms with E-state index in [-0.39, 0.29) is 4.93 Å². The molecule has 0 saturated carbocycles. The smallest absolute Gasteiger partial charge is 0.139 e. The van der Waals surface area contributed by atoms with E-state index in [1.165, 1.54) is 5.56 Å². The SMILES string of the molecule is CCC1(c2ccccc2)OCCS1. The Kier molecular flexibility index (Phi) is 2.61. The molecule has 0 N–H and O–H groups in total. The number of thioether (sulfide) groups is 1. The van der Waals surface area contributed by atoms with Gasteiger partial charge >= 0.3 is 0 Å². The summed E-state index contributed by atoms with van der Waals surface area (Å²) in [6.07, 6.45) is 1.04. The van der Waals surface area contributed by atoms with E-state index < -0.39 is 0 Å². The van der Waals surface area contributed by atoms with Gasteiger partial charge in [0.15, 0.2) is 0 Å². The molecule has 1 saturated heterocycles. The van der Waals surface area contributed by atoms with E-state index in [9.17, 15) is 0 Å². The van der Waals surface area contributed by atoms with Crippen molar-refractivity contribution in [2.24, 2.45) is 0 Å². The zero-order valence-electron chi connectivity index (χ0n) is 7.82. The van der Waals surface area contributed by atoms with Gasteiger partial charge in [-0.15, -0.1) is 11.8 Å². The van der Waals surface area contributed by atoms with Crippen molar-refractivity contribution in [2.45, 2.75) is 18.3 Å². The normalized spacial score (nSPS) is 27.8. The van der Waals surface area contributed by atoms with Crippen LogP contribution in [0.4, 0.5) is 0 Å². The van der Waals surface area contributed by atoms with Gasteiger partial charge in [-0.05, 0) is 12.0 Å². The Balaban J connectivity index is 2.31. The first kappa shape index (κ1) is 9.10. The second kappa shape index (κ2) is 3.72. The van der Waals surface area contributed by atoms with Crippen LogP contribution in [0.5, 0.6) is 0 Å². The number of ether oxygens (including phenoxy) is 1. The third-order valence-electron chi connectivity index (χ3n) is 2.43. The van der Waals surface area contributed by atoms with Gasteiger partial charge in [0, 0.05) is 5.75 Å². The number of hydrogen-bond acceptors (Lipinski definition) is 2. The molecule has 70 valence electrons. The molecule has 0 aromatic heterocycles. The molecule has 13 heavy (non-hydrogen) atoms. The standard InChI is InChI=1S/C11H14OS/c1-2-11(12-8-9-13-11)10-6-4-3-5-7-10/h3-7H,2,8-9H2,1H3. The van der Waals surface area contributed by atoms with Crippen LogP contribution < -0.4 is 0 Å². The molecule has 0 spiro atoms. The summed E-state index contributed by atoms with van der Waals surface area (Å²) in [6, 6.07) is 10.5. The van der Waals surface area contributed by atoms with Crippen molar-refractivity contribution < 1.29 is 4.74 Å². The van der Waals surface area contributed by atoms with Crippen LogP contribution in [-0.4, -0.2) is 12.4 Å². The van der Waals surface area contributed by atoms with Gasteiger partial charge in [-0.25, -0.2) is 0 Å². The number of benzene rings is 1. The lowest BCUT2D eigenvalue weighted by atomic mass is 10.1. The third kappa shape index (κ3) is 1.61. The van der Waals surface area contributed by atoms with Gasteiger partial charge in [0.1, 0.15) is 4.93 Å². The quantitative estimate of drug-likeness (QED) is 0.715. The predicted octanol–water partition coefficient (Wildman–Crippen LogP) is 3.01. The second-order valence-corrected chi connectivity index (χ2v) is 4.53.